The average molecular weight is 322 g/mol. The van der Waals surface area contributed by atoms with Crippen LogP contribution in [0.25, 0.3) is 0 Å². The number of anilines is 1. The first kappa shape index (κ1) is 15.6. The smallest absolute Gasteiger partial charge is 0.368 e. The molecule has 122 valence electrons. The van der Waals surface area contributed by atoms with Crippen molar-refractivity contribution < 1.29 is 18.0 Å². The van der Waals surface area contributed by atoms with Crippen LogP contribution in [-0.2, 0) is 11.0 Å². The summed E-state index contributed by atoms with van der Waals surface area (Å²) in [4.78, 5) is 15.9. The molecule has 0 radical (unpaired) electrons. The van der Waals surface area contributed by atoms with Crippen molar-refractivity contribution in [2.45, 2.75) is 6.18 Å². The number of carbonyl (C=O) groups excluding carboxylic acids is 1. The summed E-state index contributed by atoms with van der Waals surface area (Å²) in [5.41, 5.74) is -0.0951. The Morgan fingerprint density at radius 3 is 2.30 bits per heavy atom. The van der Waals surface area contributed by atoms with Gasteiger partial charge >= 0.3 is 6.18 Å². The minimum Gasteiger partial charge on any atom is -0.368 e. The number of amides is 1. The minimum atomic E-state index is -4.34. The molecule has 1 aliphatic carbocycles. The topological polar surface area (TPSA) is 23.6 Å². The van der Waals surface area contributed by atoms with Gasteiger partial charge in [-0.1, -0.05) is 30.4 Å². The number of nitrogens with zero attached hydrogens (tertiary/aromatic N) is 2. The molecule has 1 aliphatic heterocycles. The Morgan fingerprint density at radius 1 is 1.04 bits per heavy atom. The van der Waals surface area contributed by atoms with Crippen LogP contribution in [0, 0.1) is 5.92 Å². The lowest BCUT2D eigenvalue weighted by atomic mass is 10.1. The predicted octanol–water partition coefficient (Wildman–Crippen LogP) is 3.10. The summed E-state index contributed by atoms with van der Waals surface area (Å²) in [5, 5.41) is 0. The van der Waals surface area contributed by atoms with Gasteiger partial charge in [-0.05, 0) is 18.2 Å². The molecular weight excluding hydrogens is 305 g/mol. The lowest BCUT2D eigenvalue weighted by Crippen LogP contribution is -2.50. The van der Waals surface area contributed by atoms with E-state index in [4.69, 9.17) is 0 Å². The highest BCUT2D eigenvalue weighted by molar-refractivity contribution is 5.83. The SMILES string of the molecule is O=C(C1C=CC=C1)N1CCN(c2cccc(C(F)(F)F)c2)CC1. The highest BCUT2D eigenvalue weighted by atomic mass is 19.4. The summed E-state index contributed by atoms with van der Waals surface area (Å²) in [7, 11) is 0. The van der Waals surface area contributed by atoms with Gasteiger partial charge in [-0.3, -0.25) is 4.79 Å². The molecule has 0 unspecified atom stereocenters. The third-order valence-corrected chi connectivity index (χ3v) is 4.16. The monoisotopic (exact) mass is 322 g/mol. The van der Waals surface area contributed by atoms with Gasteiger partial charge in [0.05, 0.1) is 11.5 Å². The summed E-state index contributed by atoms with van der Waals surface area (Å²) in [6, 6.07) is 5.33. The van der Waals surface area contributed by atoms with Gasteiger partial charge in [0.1, 0.15) is 0 Å². The van der Waals surface area contributed by atoms with Gasteiger partial charge in [0.25, 0.3) is 0 Å². The van der Waals surface area contributed by atoms with E-state index in [9.17, 15) is 18.0 Å². The van der Waals surface area contributed by atoms with Crippen molar-refractivity contribution in [3.8, 4) is 0 Å². The molecule has 1 fully saturated rings. The molecule has 23 heavy (non-hydrogen) atoms. The van der Waals surface area contributed by atoms with Gasteiger partial charge in [0.15, 0.2) is 0 Å². The Morgan fingerprint density at radius 2 is 1.70 bits per heavy atom. The van der Waals surface area contributed by atoms with Gasteiger partial charge in [-0.25, -0.2) is 0 Å². The van der Waals surface area contributed by atoms with E-state index in [-0.39, 0.29) is 11.8 Å². The van der Waals surface area contributed by atoms with Crippen LogP contribution in [0.4, 0.5) is 18.9 Å². The zero-order valence-corrected chi connectivity index (χ0v) is 12.5. The number of hydrogen-bond donors (Lipinski definition) is 0. The van der Waals surface area contributed by atoms with E-state index in [1.54, 1.807) is 11.0 Å². The second kappa shape index (κ2) is 6.10. The van der Waals surface area contributed by atoms with E-state index in [2.05, 4.69) is 0 Å². The minimum absolute atomic E-state index is 0.0543. The molecule has 0 saturated carbocycles. The summed E-state index contributed by atoms with van der Waals surface area (Å²) in [6.45, 7) is 2.11. The number of hydrogen-bond acceptors (Lipinski definition) is 2. The van der Waals surface area contributed by atoms with Gasteiger partial charge in [-0.15, -0.1) is 0 Å². The van der Waals surface area contributed by atoms with Crippen molar-refractivity contribution in [3.63, 3.8) is 0 Å². The van der Waals surface area contributed by atoms with Crippen molar-refractivity contribution in [1.29, 1.82) is 0 Å². The van der Waals surface area contributed by atoms with E-state index in [0.29, 0.717) is 31.9 Å². The zero-order valence-electron chi connectivity index (χ0n) is 12.5. The number of piperazine rings is 1. The van der Waals surface area contributed by atoms with Crippen molar-refractivity contribution in [2.24, 2.45) is 5.92 Å². The van der Waals surface area contributed by atoms with Crippen LogP contribution in [-0.4, -0.2) is 37.0 Å². The third-order valence-electron chi connectivity index (χ3n) is 4.16. The maximum atomic E-state index is 12.8. The maximum absolute atomic E-state index is 12.8. The zero-order chi connectivity index (χ0) is 16.4. The first-order valence-electron chi connectivity index (χ1n) is 7.51. The van der Waals surface area contributed by atoms with Crippen LogP contribution < -0.4 is 4.90 Å². The first-order chi connectivity index (χ1) is 10.9. The standard InChI is InChI=1S/C17H17F3N2O/c18-17(19,20)14-6-3-7-15(12-14)21-8-10-22(11-9-21)16(23)13-4-1-2-5-13/h1-7,12-13H,8-11H2. The fourth-order valence-electron chi connectivity index (χ4n) is 2.87. The van der Waals surface area contributed by atoms with Crippen LogP contribution in [0.5, 0.6) is 0 Å². The van der Waals surface area contributed by atoms with Crippen LogP contribution in [0.3, 0.4) is 0 Å². The Balaban J connectivity index is 1.64. The molecule has 1 heterocycles. The summed E-state index contributed by atoms with van der Waals surface area (Å²) in [5.74, 6) is -0.145. The lowest BCUT2D eigenvalue weighted by molar-refractivity contribution is -0.137. The van der Waals surface area contributed by atoms with Gasteiger partial charge in [-0.2, -0.15) is 13.2 Å². The Bertz CT molecular complexity index is 631. The summed E-state index contributed by atoms with van der Waals surface area (Å²) in [6.07, 6.45) is 3.06. The predicted molar refractivity (Wildman–Crippen MR) is 82.0 cm³/mol. The molecule has 3 nitrogen and oxygen atoms in total. The normalized spacial score (nSPS) is 18.7. The lowest BCUT2D eigenvalue weighted by Gasteiger charge is -2.37. The second-order valence-corrected chi connectivity index (χ2v) is 5.66. The summed E-state index contributed by atoms with van der Waals surface area (Å²) < 4.78 is 38.4. The third kappa shape index (κ3) is 3.41. The summed E-state index contributed by atoms with van der Waals surface area (Å²) >= 11 is 0. The molecule has 1 saturated heterocycles. The molecular formula is C17H17F3N2O. The van der Waals surface area contributed by atoms with Crippen molar-refractivity contribution in [1.82, 2.24) is 4.90 Å². The number of halogens is 3. The van der Waals surface area contributed by atoms with Crippen LogP contribution in [0.2, 0.25) is 0 Å². The highest BCUT2D eigenvalue weighted by Gasteiger charge is 2.31. The number of rotatable bonds is 2. The average Bonchev–Trinajstić information content (AvgIpc) is 3.08. The number of alkyl halides is 3. The molecule has 0 bridgehead atoms. The van der Waals surface area contributed by atoms with Crippen molar-refractivity contribution in [3.05, 3.63) is 54.1 Å². The second-order valence-electron chi connectivity index (χ2n) is 5.66. The van der Waals surface area contributed by atoms with Crippen molar-refractivity contribution in [2.75, 3.05) is 31.1 Å². The quantitative estimate of drug-likeness (QED) is 0.835. The van der Waals surface area contributed by atoms with E-state index < -0.39 is 11.7 Å². The Hall–Kier alpha value is -2.24. The van der Waals surface area contributed by atoms with E-state index in [0.717, 1.165) is 6.07 Å². The molecule has 1 aromatic carbocycles. The molecule has 0 spiro atoms. The Labute approximate surface area is 132 Å². The molecule has 6 heteroatoms. The largest absolute Gasteiger partial charge is 0.416 e. The molecule has 1 amide bonds. The van der Waals surface area contributed by atoms with Gasteiger partial charge in [0.2, 0.25) is 5.91 Å². The Kier molecular flexibility index (Phi) is 4.15. The van der Waals surface area contributed by atoms with Gasteiger partial charge < -0.3 is 9.80 Å². The molecule has 0 atom stereocenters. The molecule has 0 N–H and O–H groups in total. The fraction of sp³-hybridized carbons (Fsp3) is 0.353. The highest BCUT2D eigenvalue weighted by Crippen LogP contribution is 2.32. The number of benzene rings is 1. The molecule has 2 aliphatic rings. The van der Waals surface area contributed by atoms with E-state index >= 15 is 0 Å². The number of allylic oxidation sites excluding steroid dienone is 2. The first-order valence-corrected chi connectivity index (χ1v) is 7.51. The van der Waals surface area contributed by atoms with Crippen LogP contribution >= 0.6 is 0 Å². The molecule has 1 aromatic rings. The fourth-order valence-corrected chi connectivity index (χ4v) is 2.87. The van der Waals surface area contributed by atoms with Crippen LogP contribution in [0.1, 0.15) is 5.56 Å². The van der Waals surface area contributed by atoms with Crippen LogP contribution in [0.15, 0.2) is 48.6 Å². The molecule has 3 rings (SSSR count). The number of carbonyl (C=O) groups is 1. The molecule has 0 aromatic heterocycles. The van der Waals surface area contributed by atoms with Gasteiger partial charge in [0, 0.05) is 31.9 Å². The van der Waals surface area contributed by atoms with E-state index in [1.165, 1.54) is 12.1 Å². The van der Waals surface area contributed by atoms with Crippen molar-refractivity contribution >= 4 is 11.6 Å². The maximum Gasteiger partial charge on any atom is 0.416 e. The van der Waals surface area contributed by atoms with E-state index in [1.807, 2.05) is 29.2 Å².